The number of nitrogens with two attached hydrogens (primary N) is 1. The van der Waals surface area contributed by atoms with Crippen molar-refractivity contribution in [3.8, 4) is 0 Å². The van der Waals surface area contributed by atoms with Crippen molar-refractivity contribution >= 4 is 11.8 Å². The van der Waals surface area contributed by atoms with Gasteiger partial charge in [-0.1, -0.05) is 6.07 Å². The molecule has 2 nitrogen and oxygen atoms in total. The van der Waals surface area contributed by atoms with Crippen LogP contribution < -0.4 is 11.3 Å². The Balaban J connectivity index is 2.34. The Labute approximate surface area is 106 Å². The predicted molar refractivity (Wildman–Crippen MR) is 71.3 cm³/mol. The summed E-state index contributed by atoms with van der Waals surface area (Å²) in [6, 6.07) is 5.14. The minimum atomic E-state index is -0.188. The summed E-state index contributed by atoms with van der Waals surface area (Å²) >= 11 is 1.92. The molecule has 4 heteroatoms. The van der Waals surface area contributed by atoms with E-state index in [1.165, 1.54) is 6.42 Å². The van der Waals surface area contributed by atoms with Crippen LogP contribution in [0.1, 0.15) is 36.9 Å². The molecule has 1 aliphatic heterocycles. The summed E-state index contributed by atoms with van der Waals surface area (Å²) in [5.74, 6) is 6.65. The van der Waals surface area contributed by atoms with Gasteiger partial charge in [-0.05, 0) is 55.7 Å². The average molecular weight is 254 g/mol. The lowest BCUT2D eigenvalue weighted by atomic mass is 9.90. The Morgan fingerprint density at radius 3 is 2.76 bits per heavy atom. The van der Waals surface area contributed by atoms with Gasteiger partial charge in [-0.2, -0.15) is 11.8 Å². The van der Waals surface area contributed by atoms with E-state index < -0.39 is 0 Å². The van der Waals surface area contributed by atoms with E-state index in [4.69, 9.17) is 5.84 Å². The topological polar surface area (TPSA) is 38.0 Å². The molecule has 0 spiro atoms. The standard InChI is InChI=1S/C13H19FN2S/c1-9-6-10(8-11(14)7-9)12(16-15)13(2)4-3-5-17-13/h6-8,12,16H,3-5,15H2,1-2H3. The van der Waals surface area contributed by atoms with Gasteiger partial charge in [0.25, 0.3) is 0 Å². The fraction of sp³-hybridized carbons (Fsp3) is 0.538. The highest BCUT2D eigenvalue weighted by molar-refractivity contribution is 8.00. The molecule has 3 N–H and O–H groups in total. The van der Waals surface area contributed by atoms with E-state index in [-0.39, 0.29) is 16.6 Å². The Morgan fingerprint density at radius 2 is 2.24 bits per heavy atom. The second-order valence-corrected chi connectivity index (χ2v) is 6.56. The number of hydrazine groups is 1. The van der Waals surface area contributed by atoms with Crippen LogP contribution in [0, 0.1) is 12.7 Å². The van der Waals surface area contributed by atoms with Crippen LogP contribution in [0.4, 0.5) is 4.39 Å². The van der Waals surface area contributed by atoms with Gasteiger partial charge in [-0.3, -0.25) is 11.3 Å². The number of halogens is 1. The molecule has 0 saturated carbocycles. The summed E-state index contributed by atoms with van der Waals surface area (Å²) in [6.45, 7) is 4.11. The van der Waals surface area contributed by atoms with Crippen LogP contribution in [-0.4, -0.2) is 10.5 Å². The fourth-order valence-corrected chi connectivity index (χ4v) is 4.00. The summed E-state index contributed by atoms with van der Waals surface area (Å²) in [4.78, 5) is 0. The molecule has 0 bridgehead atoms. The number of rotatable bonds is 3. The van der Waals surface area contributed by atoms with E-state index in [9.17, 15) is 4.39 Å². The minimum Gasteiger partial charge on any atom is -0.271 e. The highest BCUT2D eigenvalue weighted by atomic mass is 32.2. The Hall–Kier alpha value is -0.580. The second kappa shape index (κ2) is 4.96. The molecule has 2 rings (SSSR count). The maximum absolute atomic E-state index is 13.5. The van der Waals surface area contributed by atoms with Gasteiger partial charge in [0.1, 0.15) is 5.82 Å². The third-order valence-electron chi connectivity index (χ3n) is 3.42. The normalized spacial score (nSPS) is 26.1. The zero-order valence-corrected chi connectivity index (χ0v) is 11.1. The number of hydrogen-bond acceptors (Lipinski definition) is 3. The van der Waals surface area contributed by atoms with Crippen molar-refractivity contribution in [1.29, 1.82) is 0 Å². The predicted octanol–water partition coefficient (Wildman–Crippen LogP) is 2.92. The first kappa shape index (κ1) is 12.9. The number of aryl methyl sites for hydroxylation is 1. The van der Waals surface area contributed by atoms with Gasteiger partial charge in [-0.25, -0.2) is 4.39 Å². The number of benzene rings is 1. The van der Waals surface area contributed by atoms with E-state index >= 15 is 0 Å². The first-order valence-corrected chi connectivity index (χ1v) is 6.91. The summed E-state index contributed by atoms with van der Waals surface area (Å²) in [7, 11) is 0. The van der Waals surface area contributed by atoms with E-state index in [1.807, 2.05) is 24.8 Å². The SMILES string of the molecule is Cc1cc(F)cc(C(NN)C2(C)CCCS2)c1. The molecular weight excluding hydrogens is 235 g/mol. The van der Waals surface area contributed by atoms with Crippen LogP contribution in [0.15, 0.2) is 18.2 Å². The van der Waals surface area contributed by atoms with Gasteiger partial charge in [0.2, 0.25) is 0 Å². The molecule has 0 radical (unpaired) electrons. The molecular formula is C13H19FN2S. The largest absolute Gasteiger partial charge is 0.271 e. The van der Waals surface area contributed by atoms with Crippen LogP contribution in [0.25, 0.3) is 0 Å². The smallest absolute Gasteiger partial charge is 0.123 e. The van der Waals surface area contributed by atoms with Crippen LogP contribution in [-0.2, 0) is 0 Å². The lowest BCUT2D eigenvalue weighted by molar-refractivity contribution is 0.419. The molecule has 1 heterocycles. The third kappa shape index (κ3) is 2.64. The Kier molecular flexibility index (Phi) is 3.76. The van der Waals surface area contributed by atoms with Gasteiger partial charge in [-0.15, -0.1) is 0 Å². The van der Waals surface area contributed by atoms with E-state index in [1.54, 1.807) is 12.1 Å². The van der Waals surface area contributed by atoms with Gasteiger partial charge >= 0.3 is 0 Å². The van der Waals surface area contributed by atoms with Crippen molar-refractivity contribution in [2.24, 2.45) is 5.84 Å². The molecule has 1 saturated heterocycles. The van der Waals surface area contributed by atoms with Crippen molar-refractivity contribution in [3.63, 3.8) is 0 Å². The molecule has 2 unspecified atom stereocenters. The zero-order valence-electron chi connectivity index (χ0n) is 10.3. The van der Waals surface area contributed by atoms with Gasteiger partial charge in [0.05, 0.1) is 6.04 Å². The van der Waals surface area contributed by atoms with Crippen molar-refractivity contribution in [2.45, 2.75) is 37.5 Å². The number of thioether (sulfide) groups is 1. The molecule has 94 valence electrons. The third-order valence-corrected chi connectivity index (χ3v) is 5.02. The lowest BCUT2D eigenvalue weighted by Crippen LogP contribution is -2.41. The molecule has 1 fully saturated rings. The average Bonchev–Trinajstić information content (AvgIpc) is 2.65. The van der Waals surface area contributed by atoms with Gasteiger partial charge in [0.15, 0.2) is 0 Å². The highest BCUT2D eigenvalue weighted by Gasteiger charge is 2.38. The number of nitrogens with one attached hydrogen (secondary N) is 1. The molecule has 2 atom stereocenters. The van der Waals surface area contributed by atoms with E-state index in [0.29, 0.717) is 0 Å². The van der Waals surface area contributed by atoms with Crippen molar-refractivity contribution in [3.05, 3.63) is 35.1 Å². The maximum Gasteiger partial charge on any atom is 0.123 e. The second-order valence-electron chi connectivity index (χ2n) is 4.93. The van der Waals surface area contributed by atoms with E-state index in [0.717, 1.165) is 23.3 Å². The Bertz CT molecular complexity index is 382. The monoisotopic (exact) mass is 254 g/mol. The van der Waals surface area contributed by atoms with Crippen LogP contribution >= 0.6 is 11.8 Å². The van der Waals surface area contributed by atoms with Gasteiger partial charge < -0.3 is 0 Å². The fourth-order valence-electron chi connectivity index (χ4n) is 2.58. The van der Waals surface area contributed by atoms with Crippen molar-refractivity contribution < 1.29 is 4.39 Å². The molecule has 0 aliphatic carbocycles. The molecule has 1 aromatic carbocycles. The lowest BCUT2D eigenvalue weighted by Gasteiger charge is -2.33. The molecule has 1 aliphatic rings. The van der Waals surface area contributed by atoms with Crippen LogP contribution in [0.2, 0.25) is 0 Å². The number of hydrogen-bond donors (Lipinski definition) is 2. The summed E-state index contributed by atoms with van der Waals surface area (Å²) < 4.78 is 13.5. The summed E-state index contributed by atoms with van der Waals surface area (Å²) in [5.41, 5.74) is 4.75. The molecule has 17 heavy (non-hydrogen) atoms. The maximum atomic E-state index is 13.5. The summed E-state index contributed by atoms with van der Waals surface area (Å²) in [5, 5.41) is 0. The minimum absolute atomic E-state index is 0.00407. The van der Waals surface area contributed by atoms with Gasteiger partial charge in [0, 0.05) is 4.75 Å². The van der Waals surface area contributed by atoms with Crippen molar-refractivity contribution in [1.82, 2.24) is 5.43 Å². The van der Waals surface area contributed by atoms with Crippen LogP contribution in [0.3, 0.4) is 0 Å². The highest BCUT2D eigenvalue weighted by Crippen LogP contribution is 2.46. The van der Waals surface area contributed by atoms with Crippen LogP contribution in [0.5, 0.6) is 0 Å². The molecule has 1 aromatic rings. The van der Waals surface area contributed by atoms with Crippen molar-refractivity contribution in [2.75, 3.05) is 5.75 Å². The quantitative estimate of drug-likeness (QED) is 0.643. The Morgan fingerprint density at radius 1 is 1.47 bits per heavy atom. The summed E-state index contributed by atoms with van der Waals surface area (Å²) in [6.07, 6.45) is 2.32. The first-order chi connectivity index (χ1) is 8.05. The molecule has 0 amide bonds. The van der Waals surface area contributed by atoms with E-state index in [2.05, 4.69) is 12.3 Å². The molecule has 0 aromatic heterocycles. The zero-order chi connectivity index (χ0) is 12.5. The first-order valence-electron chi connectivity index (χ1n) is 5.92.